The second kappa shape index (κ2) is 15.0. The lowest BCUT2D eigenvalue weighted by molar-refractivity contribution is -0.148. The van der Waals surface area contributed by atoms with Crippen LogP contribution in [0.3, 0.4) is 0 Å². The number of ether oxygens (including phenoxy) is 1. The molecule has 0 aliphatic heterocycles. The molecule has 0 saturated carbocycles. The van der Waals surface area contributed by atoms with Crippen molar-refractivity contribution in [2.45, 2.75) is 104 Å². The van der Waals surface area contributed by atoms with E-state index in [0.29, 0.717) is 13.0 Å². The summed E-state index contributed by atoms with van der Waals surface area (Å²) in [4.78, 5) is 11.9. The summed E-state index contributed by atoms with van der Waals surface area (Å²) in [6.45, 7) is 6.92. The van der Waals surface area contributed by atoms with Crippen LogP contribution in [0.4, 0.5) is 0 Å². The number of hydrogen-bond acceptors (Lipinski definition) is 3. The summed E-state index contributed by atoms with van der Waals surface area (Å²) in [7, 11) is 0. The molecule has 0 amide bonds. The summed E-state index contributed by atoms with van der Waals surface area (Å²) in [5.41, 5.74) is -0.231. The molecular weight excluding hydrogens is 288 g/mol. The minimum atomic E-state index is -0.231. The van der Waals surface area contributed by atoms with Gasteiger partial charge in [-0.3, -0.25) is 4.79 Å². The lowest BCUT2D eigenvalue weighted by atomic mass is 9.82. The molecular formula is C20H40O3. The van der Waals surface area contributed by atoms with E-state index in [-0.39, 0.29) is 18.0 Å². The van der Waals surface area contributed by atoms with Crippen molar-refractivity contribution < 1.29 is 14.6 Å². The second-order valence-corrected chi connectivity index (χ2v) is 7.00. The van der Waals surface area contributed by atoms with Crippen LogP contribution >= 0.6 is 0 Å². The van der Waals surface area contributed by atoms with Crippen molar-refractivity contribution in [3.63, 3.8) is 0 Å². The molecule has 0 bridgehead atoms. The van der Waals surface area contributed by atoms with Crippen LogP contribution in [0, 0.1) is 5.41 Å². The lowest BCUT2D eigenvalue weighted by Gasteiger charge is -2.30. The van der Waals surface area contributed by atoms with Gasteiger partial charge in [0, 0.05) is 11.8 Å². The largest absolute Gasteiger partial charge is 0.465 e. The van der Waals surface area contributed by atoms with Gasteiger partial charge in [0.2, 0.25) is 0 Å². The smallest absolute Gasteiger partial charge is 0.305 e. The Morgan fingerprint density at radius 1 is 0.870 bits per heavy atom. The van der Waals surface area contributed by atoms with Crippen LogP contribution in [-0.2, 0) is 9.53 Å². The molecule has 0 aliphatic rings. The minimum Gasteiger partial charge on any atom is -0.465 e. The van der Waals surface area contributed by atoms with E-state index in [1.807, 2.05) is 0 Å². The van der Waals surface area contributed by atoms with E-state index in [9.17, 15) is 9.90 Å². The highest BCUT2D eigenvalue weighted by Gasteiger charge is 2.28. The van der Waals surface area contributed by atoms with Crippen molar-refractivity contribution in [3.05, 3.63) is 0 Å². The van der Waals surface area contributed by atoms with Crippen molar-refractivity contribution in [2.75, 3.05) is 13.2 Å². The Hall–Kier alpha value is -0.570. The molecule has 3 nitrogen and oxygen atoms in total. The van der Waals surface area contributed by atoms with E-state index in [1.54, 1.807) is 0 Å². The van der Waals surface area contributed by atoms with Crippen molar-refractivity contribution >= 4 is 5.97 Å². The lowest BCUT2D eigenvalue weighted by Crippen LogP contribution is -2.31. The van der Waals surface area contributed by atoms with Crippen LogP contribution in [0.15, 0.2) is 0 Å². The number of aliphatic hydroxyl groups is 1. The third-order valence-corrected chi connectivity index (χ3v) is 4.92. The number of carbonyl (C=O) groups is 1. The molecule has 0 aromatic carbocycles. The molecule has 0 aromatic heterocycles. The van der Waals surface area contributed by atoms with E-state index in [1.165, 1.54) is 38.5 Å². The first-order valence-corrected chi connectivity index (χ1v) is 9.90. The third kappa shape index (κ3) is 11.6. The molecule has 1 atom stereocenters. The fourth-order valence-corrected chi connectivity index (χ4v) is 2.85. The zero-order valence-corrected chi connectivity index (χ0v) is 15.9. The fourth-order valence-electron chi connectivity index (χ4n) is 2.85. The molecule has 0 aliphatic carbocycles. The molecule has 23 heavy (non-hydrogen) atoms. The molecule has 0 saturated heterocycles. The Morgan fingerprint density at radius 3 is 1.96 bits per heavy atom. The van der Waals surface area contributed by atoms with Gasteiger partial charge in [0.25, 0.3) is 0 Å². The first-order valence-electron chi connectivity index (χ1n) is 9.90. The highest BCUT2D eigenvalue weighted by molar-refractivity contribution is 5.69. The van der Waals surface area contributed by atoms with Gasteiger partial charge in [0.15, 0.2) is 0 Å². The minimum absolute atomic E-state index is 0.0984. The van der Waals surface area contributed by atoms with Crippen LogP contribution in [0.25, 0.3) is 0 Å². The molecule has 0 aromatic rings. The molecule has 1 N–H and O–H groups in total. The van der Waals surface area contributed by atoms with Gasteiger partial charge in [-0.2, -0.15) is 0 Å². The van der Waals surface area contributed by atoms with Gasteiger partial charge in [0.05, 0.1) is 13.2 Å². The fraction of sp³-hybridized carbons (Fsp3) is 0.950. The van der Waals surface area contributed by atoms with Crippen LogP contribution in [0.5, 0.6) is 0 Å². The predicted octanol–water partition coefficient (Wildman–Crippen LogP) is 5.64. The molecule has 0 fully saturated rings. The van der Waals surface area contributed by atoms with Gasteiger partial charge < -0.3 is 9.84 Å². The molecule has 0 heterocycles. The maximum atomic E-state index is 11.9. The summed E-state index contributed by atoms with van der Waals surface area (Å²) in [5.74, 6) is -0.0984. The van der Waals surface area contributed by atoms with Gasteiger partial charge in [-0.1, -0.05) is 78.6 Å². The Labute approximate surface area is 144 Å². The summed E-state index contributed by atoms with van der Waals surface area (Å²) in [6, 6.07) is 0. The number of esters is 1. The average molecular weight is 329 g/mol. The van der Waals surface area contributed by atoms with E-state index < -0.39 is 0 Å². The van der Waals surface area contributed by atoms with E-state index in [2.05, 4.69) is 20.8 Å². The van der Waals surface area contributed by atoms with Gasteiger partial charge in [-0.25, -0.2) is 0 Å². The SMILES string of the molecule is CCCCCCCCCCC(=O)OCC(CC)(CO)CCCC. The zero-order valence-electron chi connectivity index (χ0n) is 15.9. The van der Waals surface area contributed by atoms with Crippen molar-refractivity contribution in [1.82, 2.24) is 0 Å². The van der Waals surface area contributed by atoms with Gasteiger partial charge in [-0.15, -0.1) is 0 Å². The Bertz CT molecular complexity index is 272. The maximum Gasteiger partial charge on any atom is 0.305 e. The first kappa shape index (κ1) is 22.4. The monoisotopic (exact) mass is 328 g/mol. The van der Waals surface area contributed by atoms with Gasteiger partial charge in [0.1, 0.15) is 0 Å². The Kier molecular flexibility index (Phi) is 14.6. The quantitative estimate of drug-likeness (QED) is 0.294. The molecule has 0 rings (SSSR count). The van der Waals surface area contributed by atoms with Crippen LogP contribution in [0.2, 0.25) is 0 Å². The molecule has 1 unspecified atom stereocenters. The van der Waals surface area contributed by atoms with Crippen LogP contribution < -0.4 is 0 Å². The van der Waals surface area contributed by atoms with Crippen molar-refractivity contribution in [1.29, 1.82) is 0 Å². The summed E-state index contributed by atoms with van der Waals surface area (Å²) >= 11 is 0. The van der Waals surface area contributed by atoms with E-state index in [0.717, 1.165) is 38.5 Å². The summed E-state index contributed by atoms with van der Waals surface area (Å²) in [5, 5.41) is 9.66. The highest BCUT2D eigenvalue weighted by Crippen LogP contribution is 2.29. The summed E-state index contributed by atoms with van der Waals surface area (Å²) < 4.78 is 5.45. The van der Waals surface area contributed by atoms with Crippen LogP contribution in [0.1, 0.15) is 104 Å². The van der Waals surface area contributed by atoms with Gasteiger partial charge >= 0.3 is 5.97 Å². The van der Waals surface area contributed by atoms with Crippen molar-refractivity contribution in [2.24, 2.45) is 5.41 Å². The number of unbranched alkanes of at least 4 members (excludes halogenated alkanes) is 8. The second-order valence-electron chi connectivity index (χ2n) is 7.00. The Morgan fingerprint density at radius 2 is 1.43 bits per heavy atom. The number of hydrogen-bond donors (Lipinski definition) is 1. The highest BCUT2D eigenvalue weighted by atomic mass is 16.5. The number of aliphatic hydroxyl groups excluding tert-OH is 1. The number of rotatable bonds is 16. The zero-order chi connectivity index (χ0) is 17.4. The molecule has 3 heteroatoms. The number of carbonyl (C=O) groups excluding carboxylic acids is 1. The molecule has 0 radical (unpaired) electrons. The van der Waals surface area contributed by atoms with Crippen LogP contribution in [-0.4, -0.2) is 24.3 Å². The summed E-state index contributed by atoms with van der Waals surface area (Å²) in [6.07, 6.45) is 14.4. The standard InChI is InChI=1S/C20H40O3/c1-4-7-9-10-11-12-13-14-15-19(22)23-18-20(6-3,17-21)16-8-5-2/h21H,4-18H2,1-3H3. The van der Waals surface area contributed by atoms with E-state index in [4.69, 9.17) is 4.74 Å². The third-order valence-electron chi connectivity index (χ3n) is 4.92. The maximum absolute atomic E-state index is 11.9. The Balaban J connectivity index is 3.75. The average Bonchev–Trinajstić information content (AvgIpc) is 2.58. The predicted molar refractivity (Wildman–Crippen MR) is 97.5 cm³/mol. The van der Waals surface area contributed by atoms with Gasteiger partial charge in [-0.05, 0) is 19.3 Å². The van der Waals surface area contributed by atoms with Crippen molar-refractivity contribution in [3.8, 4) is 0 Å². The topological polar surface area (TPSA) is 46.5 Å². The van der Waals surface area contributed by atoms with E-state index >= 15 is 0 Å². The molecule has 138 valence electrons. The normalized spacial score (nSPS) is 13.7. The first-order chi connectivity index (χ1) is 11.1. The molecule has 0 spiro atoms.